The van der Waals surface area contributed by atoms with E-state index < -0.39 is 0 Å². The van der Waals surface area contributed by atoms with Crippen molar-refractivity contribution in [2.75, 3.05) is 26.2 Å². The van der Waals surface area contributed by atoms with Crippen LogP contribution in [-0.2, 0) is 0 Å². The Morgan fingerprint density at radius 2 is 1.50 bits per heavy atom. The quantitative estimate of drug-likeness (QED) is 0.916. The summed E-state index contributed by atoms with van der Waals surface area (Å²) >= 11 is 0. The van der Waals surface area contributed by atoms with Gasteiger partial charge in [0.2, 0.25) is 0 Å². The highest BCUT2D eigenvalue weighted by atomic mass is 15.3. The van der Waals surface area contributed by atoms with Gasteiger partial charge in [0.05, 0.1) is 0 Å². The lowest BCUT2D eigenvalue weighted by atomic mass is 9.94. The summed E-state index contributed by atoms with van der Waals surface area (Å²) in [5.74, 6) is 0. The molecule has 0 amide bonds. The zero-order valence-corrected chi connectivity index (χ0v) is 13.3. The second kappa shape index (κ2) is 6.70. The number of piperazine rings is 1. The summed E-state index contributed by atoms with van der Waals surface area (Å²) in [6.45, 7) is 13.4. The summed E-state index contributed by atoms with van der Waals surface area (Å²) in [5, 5.41) is 0. The van der Waals surface area contributed by atoms with E-state index in [-0.39, 0.29) is 6.04 Å². The molecule has 0 bridgehead atoms. The first-order valence-corrected chi connectivity index (χ1v) is 7.80. The van der Waals surface area contributed by atoms with Crippen LogP contribution in [0.4, 0.5) is 0 Å². The average Bonchev–Trinajstić information content (AvgIpc) is 2.41. The van der Waals surface area contributed by atoms with Crippen molar-refractivity contribution in [3.05, 3.63) is 35.4 Å². The fourth-order valence-electron chi connectivity index (χ4n) is 3.26. The summed E-state index contributed by atoms with van der Waals surface area (Å²) in [7, 11) is 0. The van der Waals surface area contributed by atoms with Gasteiger partial charge in [-0.1, -0.05) is 24.3 Å². The van der Waals surface area contributed by atoms with Crippen molar-refractivity contribution in [1.82, 2.24) is 9.80 Å². The highest BCUT2D eigenvalue weighted by Crippen LogP contribution is 2.27. The van der Waals surface area contributed by atoms with Crippen LogP contribution in [0.25, 0.3) is 0 Å². The molecule has 1 aliphatic rings. The molecule has 1 aromatic rings. The maximum absolute atomic E-state index is 6.31. The Hall–Kier alpha value is -0.900. The SMILES string of the molecule is Cc1ccccc1C(C(C)N)N1CCN(C(C)C)CC1. The minimum absolute atomic E-state index is 0.154. The van der Waals surface area contributed by atoms with Gasteiger partial charge in [-0.3, -0.25) is 9.80 Å². The third-order valence-electron chi connectivity index (χ3n) is 4.48. The molecular formula is C17H29N3. The molecular weight excluding hydrogens is 246 g/mol. The molecule has 2 rings (SSSR count). The molecule has 1 saturated heterocycles. The minimum atomic E-state index is 0.154. The highest BCUT2D eigenvalue weighted by Gasteiger charge is 2.28. The minimum Gasteiger partial charge on any atom is -0.326 e. The van der Waals surface area contributed by atoms with Crippen LogP contribution in [0, 0.1) is 6.92 Å². The van der Waals surface area contributed by atoms with Crippen molar-refractivity contribution in [3.8, 4) is 0 Å². The van der Waals surface area contributed by atoms with Gasteiger partial charge in [0.15, 0.2) is 0 Å². The lowest BCUT2D eigenvalue weighted by Gasteiger charge is -2.42. The van der Waals surface area contributed by atoms with Crippen LogP contribution < -0.4 is 5.73 Å². The molecule has 1 aliphatic heterocycles. The van der Waals surface area contributed by atoms with Crippen LogP contribution in [0.15, 0.2) is 24.3 Å². The molecule has 0 radical (unpaired) electrons. The van der Waals surface area contributed by atoms with Crippen LogP contribution in [-0.4, -0.2) is 48.1 Å². The Balaban J connectivity index is 2.13. The number of aryl methyl sites for hydroxylation is 1. The van der Waals surface area contributed by atoms with E-state index in [1.165, 1.54) is 11.1 Å². The molecule has 0 spiro atoms. The van der Waals surface area contributed by atoms with E-state index >= 15 is 0 Å². The Morgan fingerprint density at radius 1 is 0.950 bits per heavy atom. The fraction of sp³-hybridized carbons (Fsp3) is 0.647. The van der Waals surface area contributed by atoms with Crippen molar-refractivity contribution in [2.45, 2.75) is 45.8 Å². The summed E-state index contributed by atoms with van der Waals surface area (Å²) < 4.78 is 0. The molecule has 112 valence electrons. The van der Waals surface area contributed by atoms with Gasteiger partial charge in [-0.05, 0) is 38.8 Å². The first kappa shape index (κ1) is 15.5. The standard InChI is InChI=1S/C17H29N3/c1-13(2)19-9-11-20(12-10-19)17(15(4)18)16-8-6-5-7-14(16)3/h5-8,13,15,17H,9-12,18H2,1-4H3. The van der Waals surface area contributed by atoms with Crippen LogP contribution in [0.2, 0.25) is 0 Å². The summed E-state index contributed by atoms with van der Waals surface area (Å²) in [5.41, 5.74) is 9.05. The van der Waals surface area contributed by atoms with E-state index in [1.54, 1.807) is 0 Å². The fourth-order valence-corrected chi connectivity index (χ4v) is 3.26. The molecule has 20 heavy (non-hydrogen) atoms. The Bertz CT molecular complexity index is 420. The second-order valence-electron chi connectivity index (χ2n) is 6.33. The monoisotopic (exact) mass is 275 g/mol. The van der Waals surface area contributed by atoms with Crippen LogP contribution >= 0.6 is 0 Å². The van der Waals surface area contributed by atoms with E-state index in [0.29, 0.717) is 12.1 Å². The topological polar surface area (TPSA) is 32.5 Å². The molecule has 1 aromatic carbocycles. The van der Waals surface area contributed by atoms with Crippen molar-refractivity contribution in [3.63, 3.8) is 0 Å². The van der Waals surface area contributed by atoms with Gasteiger partial charge >= 0.3 is 0 Å². The smallest absolute Gasteiger partial charge is 0.0500 e. The maximum atomic E-state index is 6.31. The number of nitrogens with zero attached hydrogens (tertiary/aromatic N) is 2. The van der Waals surface area contributed by atoms with E-state index in [9.17, 15) is 0 Å². The first-order valence-electron chi connectivity index (χ1n) is 7.80. The Labute approximate surface area is 123 Å². The largest absolute Gasteiger partial charge is 0.326 e. The van der Waals surface area contributed by atoms with Crippen molar-refractivity contribution in [1.29, 1.82) is 0 Å². The summed E-state index contributed by atoms with van der Waals surface area (Å²) in [6, 6.07) is 9.79. The average molecular weight is 275 g/mol. The van der Waals surface area contributed by atoms with Gasteiger partial charge in [-0.25, -0.2) is 0 Å². The van der Waals surface area contributed by atoms with E-state index in [2.05, 4.69) is 61.8 Å². The van der Waals surface area contributed by atoms with Gasteiger partial charge in [0, 0.05) is 44.3 Å². The summed E-state index contributed by atoms with van der Waals surface area (Å²) in [6.07, 6.45) is 0. The number of hydrogen-bond acceptors (Lipinski definition) is 3. The third-order valence-corrected chi connectivity index (χ3v) is 4.48. The van der Waals surface area contributed by atoms with E-state index in [1.807, 2.05) is 0 Å². The second-order valence-corrected chi connectivity index (χ2v) is 6.33. The maximum Gasteiger partial charge on any atom is 0.0500 e. The van der Waals surface area contributed by atoms with Gasteiger partial charge in [-0.15, -0.1) is 0 Å². The lowest BCUT2D eigenvalue weighted by molar-refractivity contribution is 0.0703. The van der Waals surface area contributed by atoms with Crippen molar-refractivity contribution < 1.29 is 0 Å². The molecule has 0 aliphatic carbocycles. The van der Waals surface area contributed by atoms with Crippen LogP contribution in [0.3, 0.4) is 0 Å². The van der Waals surface area contributed by atoms with Crippen molar-refractivity contribution >= 4 is 0 Å². The molecule has 2 N–H and O–H groups in total. The molecule has 1 fully saturated rings. The number of rotatable bonds is 4. The van der Waals surface area contributed by atoms with Gasteiger partial charge < -0.3 is 5.73 Å². The van der Waals surface area contributed by atoms with E-state index in [4.69, 9.17) is 5.73 Å². The lowest BCUT2D eigenvalue weighted by Crippen LogP contribution is -2.52. The zero-order chi connectivity index (χ0) is 14.7. The number of benzene rings is 1. The van der Waals surface area contributed by atoms with Gasteiger partial charge in [0.1, 0.15) is 0 Å². The molecule has 3 heteroatoms. The number of hydrogen-bond donors (Lipinski definition) is 1. The van der Waals surface area contributed by atoms with Crippen molar-refractivity contribution in [2.24, 2.45) is 5.73 Å². The van der Waals surface area contributed by atoms with Crippen LogP contribution in [0.1, 0.15) is 37.9 Å². The molecule has 0 aromatic heterocycles. The molecule has 3 nitrogen and oxygen atoms in total. The normalized spacial score (nSPS) is 21.1. The molecule has 2 unspecified atom stereocenters. The summed E-state index contributed by atoms with van der Waals surface area (Å²) in [4.78, 5) is 5.11. The number of nitrogens with two attached hydrogens (primary N) is 1. The predicted octanol–water partition coefficient (Wildman–Crippen LogP) is 2.41. The zero-order valence-electron chi connectivity index (χ0n) is 13.3. The van der Waals surface area contributed by atoms with Gasteiger partial charge in [-0.2, -0.15) is 0 Å². The van der Waals surface area contributed by atoms with Gasteiger partial charge in [0.25, 0.3) is 0 Å². The molecule has 2 atom stereocenters. The predicted molar refractivity (Wildman–Crippen MR) is 85.9 cm³/mol. The van der Waals surface area contributed by atoms with E-state index in [0.717, 1.165) is 26.2 Å². The Morgan fingerprint density at radius 3 is 2.00 bits per heavy atom. The Kier molecular flexibility index (Phi) is 5.19. The third kappa shape index (κ3) is 3.40. The first-order chi connectivity index (χ1) is 9.50. The molecule has 1 heterocycles. The molecule has 0 saturated carbocycles. The highest BCUT2D eigenvalue weighted by molar-refractivity contribution is 5.30. The van der Waals surface area contributed by atoms with Crippen LogP contribution in [0.5, 0.6) is 0 Å².